The predicted octanol–water partition coefficient (Wildman–Crippen LogP) is 1.50. The number of halogens is 1. The van der Waals surface area contributed by atoms with Gasteiger partial charge in [0.1, 0.15) is 6.61 Å². The van der Waals surface area contributed by atoms with Gasteiger partial charge >= 0.3 is 0 Å². The van der Waals surface area contributed by atoms with E-state index in [9.17, 15) is 4.79 Å². The zero-order valence-electron chi connectivity index (χ0n) is 8.55. The second-order valence-electron chi connectivity index (χ2n) is 3.01. The molecule has 0 bridgehead atoms. The lowest BCUT2D eigenvalue weighted by Gasteiger charge is -2.25. The Balaban J connectivity index is 3.96. The van der Waals surface area contributed by atoms with Crippen LogP contribution in [0.3, 0.4) is 0 Å². The van der Waals surface area contributed by atoms with Crippen molar-refractivity contribution in [2.75, 3.05) is 25.6 Å². The van der Waals surface area contributed by atoms with Crippen molar-refractivity contribution in [1.82, 2.24) is 4.90 Å². The fraction of sp³-hybridized carbons (Fsp3) is 0.889. The lowest BCUT2D eigenvalue weighted by molar-refractivity contribution is -0.137. The van der Waals surface area contributed by atoms with Gasteiger partial charge in [0.05, 0.1) is 0 Å². The summed E-state index contributed by atoms with van der Waals surface area (Å²) in [6, 6.07) is 0.187. The van der Waals surface area contributed by atoms with Crippen LogP contribution in [0.25, 0.3) is 0 Å². The number of alkyl halides is 1. The number of carbonyl (C=O) groups is 1. The summed E-state index contributed by atoms with van der Waals surface area (Å²) in [5.74, 6) is 0.480. The van der Waals surface area contributed by atoms with Gasteiger partial charge in [-0.25, -0.2) is 0 Å². The summed E-state index contributed by atoms with van der Waals surface area (Å²) in [6.45, 7) is 7.12. The van der Waals surface area contributed by atoms with E-state index < -0.39 is 0 Å². The number of nitrogens with zero attached hydrogens (tertiary/aromatic N) is 1. The van der Waals surface area contributed by atoms with Gasteiger partial charge in [-0.2, -0.15) is 0 Å². The lowest BCUT2D eigenvalue weighted by Crippen LogP contribution is -2.40. The molecule has 0 N–H and O–H groups in total. The fourth-order valence-corrected chi connectivity index (χ4v) is 1.22. The molecule has 0 aromatic rings. The molecule has 3 nitrogen and oxygen atoms in total. The summed E-state index contributed by atoms with van der Waals surface area (Å²) in [6.07, 6.45) is 0. The van der Waals surface area contributed by atoms with Crippen LogP contribution in [-0.4, -0.2) is 42.5 Å². The normalized spacial score (nSPS) is 10.5. The molecule has 1 amide bonds. The van der Waals surface area contributed by atoms with Gasteiger partial charge in [-0.3, -0.25) is 4.79 Å². The molecule has 0 heterocycles. The molecule has 0 aliphatic heterocycles. The van der Waals surface area contributed by atoms with Crippen LogP contribution in [0.1, 0.15) is 20.8 Å². The monoisotopic (exact) mass is 207 g/mol. The van der Waals surface area contributed by atoms with Crippen LogP contribution in [0.15, 0.2) is 0 Å². The molecule has 0 saturated carbocycles. The minimum absolute atomic E-state index is 0.0116. The van der Waals surface area contributed by atoms with Crippen LogP contribution in [0.5, 0.6) is 0 Å². The lowest BCUT2D eigenvalue weighted by atomic mass is 10.3. The molecule has 0 aliphatic rings. The standard InChI is InChI=1S/C9H18ClNO2/c1-4-13-7-9(12)11(6-5-10)8(2)3/h8H,4-7H2,1-3H3. The molecule has 0 aromatic heterocycles. The third-order valence-corrected chi connectivity index (χ3v) is 1.87. The van der Waals surface area contributed by atoms with Gasteiger partial charge in [-0.15, -0.1) is 11.6 Å². The van der Waals surface area contributed by atoms with Gasteiger partial charge in [0.15, 0.2) is 0 Å². The molecular weight excluding hydrogens is 190 g/mol. The number of amides is 1. The van der Waals surface area contributed by atoms with Gasteiger partial charge in [-0.05, 0) is 20.8 Å². The maximum absolute atomic E-state index is 11.5. The molecule has 0 spiro atoms. The Morgan fingerprint density at radius 2 is 2.15 bits per heavy atom. The number of rotatable bonds is 6. The van der Waals surface area contributed by atoms with Gasteiger partial charge in [-0.1, -0.05) is 0 Å². The van der Waals surface area contributed by atoms with Crippen LogP contribution >= 0.6 is 11.6 Å². The maximum atomic E-state index is 11.5. The van der Waals surface area contributed by atoms with Gasteiger partial charge < -0.3 is 9.64 Å². The second-order valence-corrected chi connectivity index (χ2v) is 3.38. The third kappa shape index (κ3) is 5.11. The van der Waals surface area contributed by atoms with Crippen molar-refractivity contribution in [3.63, 3.8) is 0 Å². The highest BCUT2D eigenvalue weighted by molar-refractivity contribution is 6.18. The number of carbonyl (C=O) groups excluding carboxylic acids is 1. The van der Waals surface area contributed by atoms with Crippen molar-refractivity contribution in [1.29, 1.82) is 0 Å². The largest absolute Gasteiger partial charge is 0.372 e. The Hall–Kier alpha value is -0.280. The second kappa shape index (κ2) is 7.15. The highest BCUT2D eigenvalue weighted by atomic mass is 35.5. The highest BCUT2D eigenvalue weighted by Crippen LogP contribution is 1.99. The predicted molar refractivity (Wildman–Crippen MR) is 54.1 cm³/mol. The van der Waals surface area contributed by atoms with Crippen LogP contribution in [0.4, 0.5) is 0 Å². The molecular formula is C9H18ClNO2. The van der Waals surface area contributed by atoms with Crippen molar-refractivity contribution in [3.05, 3.63) is 0 Å². The zero-order chi connectivity index (χ0) is 10.3. The quantitative estimate of drug-likeness (QED) is 0.618. The van der Waals surface area contributed by atoms with E-state index >= 15 is 0 Å². The number of ether oxygens (including phenoxy) is 1. The highest BCUT2D eigenvalue weighted by Gasteiger charge is 2.15. The summed E-state index contributed by atoms with van der Waals surface area (Å²) in [5, 5.41) is 0. The Morgan fingerprint density at radius 3 is 2.54 bits per heavy atom. The van der Waals surface area contributed by atoms with Crippen molar-refractivity contribution in [2.45, 2.75) is 26.8 Å². The van der Waals surface area contributed by atoms with Gasteiger partial charge in [0, 0.05) is 25.1 Å². The SMILES string of the molecule is CCOCC(=O)N(CCCl)C(C)C. The van der Waals surface area contributed by atoms with Crippen LogP contribution in [0.2, 0.25) is 0 Å². The first-order valence-corrected chi connectivity index (χ1v) is 5.10. The third-order valence-electron chi connectivity index (χ3n) is 1.70. The molecule has 0 aromatic carbocycles. The molecule has 0 radical (unpaired) electrons. The van der Waals surface area contributed by atoms with Crippen LogP contribution < -0.4 is 0 Å². The van der Waals surface area contributed by atoms with Crippen LogP contribution in [-0.2, 0) is 9.53 Å². The van der Waals surface area contributed by atoms with Crippen molar-refractivity contribution >= 4 is 17.5 Å². The first-order chi connectivity index (χ1) is 6.13. The molecule has 0 unspecified atom stereocenters. The summed E-state index contributed by atoms with van der Waals surface area (Å²) in [7, 11) is 0. The van der Waals surface area contributed by atoms with E-state index in [1.54, 1.807) is 4.90 Å². The van der Waals surface area contributed by atoms with Crippen molar-refractivity contribution < 1.29 is 9.53 Å². The molecule has 78 valence electrons. The Labute approximate surface area is 85.0 Å². The molecule has 0 aliphatic carbocycles. The number of hydrogen-bond donors (Lipinski definition) is 0. The van der Waals surface area contributed by atoms with E-state index in [2.05, 4.69) is 0 Å². The summed E-state index contributed by atoms with van der Waals surface area (Å²) in [4.78, 5) is 13.2. The Bertz CT molecular complexity index is 151. The first-order valence-electron chi connectivity index (χ1n) is 4.56. The topological polar surface area (TPSA) is 29.5 Å². The van der Waals surface area contributed by atoms with E-state index in [4.69, 9.17) is 16.3 Å². The van der Waals surface area contributed by atoms with E-state index in [0.29, 0.717) is 19.0 Å². The van der Waals surface area contributed by atoms with Gasteiger partial charge in [0.25, 0.3) is 0 Å². The van der Waals surface area contributed by atoms with Gasteiger partial charge in [0.2, 0.25) is 5.91 Å². The van der Waals surface area contributed by atoms with E-state index in [-0.39, 0.29) is 18.6 Å². The average molecular weight is 208 g/mol. The Kier molecular flexibility index (Phi) is 7.00. The molecule has 0 fully saturated rings. The van der Waals surface area contributed by atoms with E-state index in [0.717, 1.165) is 0 Å². The van der Waals surface area contributed by atoms with E-state index in [1.807, 2.05) is 20.8 Å². The molecule has 4 heteroatoms. The molecule has 0 atom stereocenters. The smallest absolute Gasteiger partial charge is 0.248 e. The summed E-state index contributed by atoms with van der Waals surface area (Å²) < 4.78 is 5.04. The number of hydrogen-bond acceptors (Lipinski definition) is 2. The fourth-order valence-electron chi connectivity index (χ4n) is 1.03. The average Bonchev–Trinajstić information content (AvgIpc) is 2.09. The minimum Gasteiger partial charge on any atom is -0.372 e. The maximum Gasteiger partial charge on any atom is 0.248 e. The molecule has 0 saturated heterocycles. The Morgan fingerprint density at radius 1 is 1.54 bits per heavy atom. The van der Waals surface area contributed by atoms with Crippen molar-refractivity contribution in [3.8, 4) is 0 Å². The summed E-state index contributed by atoms with van der Waals surface area (Å²) >= 11 is 5.58. The molecule has 0 rings (SSSR count). The van der Waals surface area contributed by atoms with E-state index in [1.165, 1.54) is 0 Å². The zero-order valence-corrected chi connectivity index (χ0v) is 9.30. The van der Waals surface area contributed by atoms with Crippen LogP contribution in [0, 0.1) is 0 Å². The summed E-state index contributed by atoms with van der Waals surface area (Å²) in [5.41, 5.74) is 0. The minimum atomic E-state index is 0.0116. The first kappa shape index (κ1) is 12.7. The molecule has 13 heavy (non-hydrogen) atoms. The van der Waals surface area contributed by atoms with Crippen molar-refractivity contribution in [2.24, 2.45) is 0 Å².